The van der Waals surface area contributed by atoms with Crippen LogP contribution in [0.5, 0.6) is 6.01 Å². The molecule has 2 aromatic rings. The van der Waals surface area contributed by atoms with Gasteiger partial charge in [0.2, 0.25) is 0 Å². The van der Waals surface area contributed by atoms with Gasteiger partial charge in [0.05, 0.1) is 12.0 Å². The van der Waals surface area contributed by atoms with E-state index in [-0.39, 0.29) is 30.0 Å². The number of aromatic nitrogens is 2. The molecule has 0 aliphatic rings. The van der Waals surface area contributed by atoms with Gasteiger partial charge in [0.15, 0.2) is 11.6 Å². The molecule has 0 aliphatic carbocycles. The first-order valence-corrected chi connectivity index (χ1v) is 6.48. The molecule has 0 unspecified atom stereocenters. The van der Waals surface area contributed by atoms with Crippen molar-refractivity contribution in [3.05, 3.63) is 60.0 Å². The highest BCUT2D eigenvalue weighted by molar-refractivity contribution is 5.84. The topological polar surface area (TPSA) is 73.3 Å². The highest BCUT2D eigenvalue weighted by Gasteiger charge is 2.12. The zero-order chi connectivity index (χ0) is 16.8. The van der Waals surface area contributed by atoms with Crippen molar-refractivity contribution >= 4 is 11.9 Å². The van der Waals surface area contributed by atoms with Gasteiger partial charge in [0.1, 0.15) is 12.4 Å². The van der Waals surface area contributed by atoms with Crippen LogP contribution in [0.2, 0.25) is 0 Å². The van der Waals surface area contributed by atoms with Crippen LogP contribution in [0.1, 0.15) is 12.5 Å². The Morgan fingerprint density at radius 2 is 2.00 bits per heavy atom. The lowest BCUT2D eigenvalue weighted by molar-refractivity contribution is 0.192. The minimum Gasteiger partial charge on any atom is -0.459 e. The summed E-state index contributed by atoms with van der Waals surface area (Å²) >= 11 is 0. The van der Waals surface area contributed by atoms with Crippen molar-refractivity contribution in [1.82, 2.24) is 9.97 Å². The molecule has 1 N–H and O–H groups in total. The van der Waals surface area contributed by atoms with Crippen molar-refractivity contribution in [3.8, 4) is 6.01 Å². The second-order valence-electron chi connectivity index (χ2n) is 4.48. The van der Waals surface area contributed by atoms with Crippen LogP contribution in [0.15, 0.2) is 42.8 Å². The van der Waals surface area contributed by atoms with E-state index in [9.17, 15) is 13.6 Å². The molecule has 0 radical (unpaired) electrons. The van der Waals surface area contributed by atoms with Crippen molar-refractivity contribution in [3.63, 3.8) is 0 Å². The Hall–Kier alpha value is -3.03. The molecule has 23 heavy (non-hydrogen) atoms. The van der Waals surface area contributed by atoms with Crippen molar-refractivity contribution < 1.29 is 23.0 Å². The summed E-state index contributed by atoms with van der Waals surface area (Å²) in [5, 5.41) is 2.11. The third-order valence-corrected chi connectivity index (χ3v) is 2.49. The molecule has 0 atom stereocenters. The number of halogens is 2. The SMILES string of the molecule is C=C(C)OC(=O)Nc1nc(OCc2ccc(F)cc2)ncc1F. The first-order chi connectivity index (χ1) is 10.9. The number of carbonyl (C=O) groups is 1. The van der Waals surface area contributed by atoms with E-state index in [1.165, 1.54) is 31.2 Å². The fraction of sp³-hybridized carbons (Fsp3) is 0.133. The van der Waals surface area contributed by atoms with E-state index >= 15 is 0 Å². The summed E-state index contributed by atoms with van der Waals surface area (Å²) in [4.78, 5) is 18.8. The van der Waals surface area contributed by atoms with Gasteiger partial charge in [-0.25, -0.2) is 18.6 Å². The summed E-state index contributed by atoms with van der Waals surface area (Å²) in [5.74, 6) is -1.46. The number of hydrogen-bond acceptors (Lipinski definition) is 5. The van der Waals surface area contributed by atoms with Gasteiger partial charge in [-0.05, 0) is 24.6 Å². The monoisotopic (exact) mass is 321 g/mol. The number of nitrogens with zero attached hydrogens (tertiary/aromatic N) is 2. The fourth-order valence-electron chi connectivity index (χ4n) is 1.52. The molecule has 1 heterocycles. The lowest BCUT2D eigenvalue weighted by Gasteiger charge is -2.08. The summed E-state index contributed by atoms with van der Waals surface area (Å²) in [7, 11) is 0. The van der Waals surface area contributed by atoms with E-state index in [1.807, 2.05) is 0 Å². The zero-order valence-corrected chi connectivity index (χ0v) is 12.2. The van der Waals surface area contributed by atoms with Crippen LogP contribution in [0.3, 0.4) is 0 Å². The summed E-state index contributed by atoms with van der Waals surface area (Å²) < 4.78 is 36.3. The fourth-order valence-corrected chi connectivity index (χ4v) is 1.52. The van der Waals surface area contributed by atoms with Gasteiger partial charge in [0, 0.05) is 0 Å². The molecule has 1 aromatic heterocycles. The van der Waals surface area contributed by atoms with Crippen LogP contribution in [-0.4, -0.2) is 16.1 Å². The first-order valence-electron chi connectivity index (χ1n) is 6.48. The Morgan fingerprint density at radius 1 is 1.30 bits per heavy atom. The largest absolute Gasteiger partial charge is 0.459 e. The number of nitrogens with one attached hydrogen (secondary N) is 1. The Bertz CT molecular complexity index is 720. The minimum atomic E-state index is -0.931. The number of carbonyl (C=O) groups excluding carboxylic acids is 1. The van der Waals surface area contributed by atoms with Gasteiger partial charge in [0.25, 0.3) is 0 Å². The quantitative estimate of drug-likeness (QED) is 0.854. The standard InChI is InChI=1S/C15H13F2N3O3/c1-9(2)23-15(21)20-13-12(17)7-18-14(19-13)22-8-10-3-5-11(16)6-4-10/h3-7H,1,8H2,2H3,(H,18,19,20,21). The Labute approximate surface area is 130 Å². The minimum absolute atomic E-state index is 0.0571. The highest BCUT2D eigenvalue weighted by Crippen LogP contribution is 2.15. The maximum Gasteiger partial charge on any atom is 0.418 e. The molecule has 0 aliphatic heterocycles. The van der Waals surface area contributed by atoms with Gasteiger partial charge in [-0.3, -0.25) is 5.32 Å². The Kier molecular flexibility index (Phi) is 5.19. The molecule has 1 amide bonds. The highest BCUT2D eigenvalue weighted by atomic mass is 19.1. The molecule has 0 spiro atoms. The van der Waals surface area contributed by atoms with E-state index < -0.39 is 11.9 Å². The first kappa shape index (κ1) is 16.3. The van der Waals surface area contributed by atoms with E-state index in [0.717, 1.165) is 6.20 Å². The third kappa shape index (κ3) is 5.03. The normalized spacial score (nSPS) is 10.0. The van der Waals surface area contributed by atoms with Crippen LogP contribution in [0, 0.1) is 11.6 Å². The van der Waals surface area contributed by atoms with Crippen molar-refractivity contribution in [1.29, 1.82) is 0 Å². The van der Waals surface area contributed by atoms with Crippen LogP contribution in [-0.2, 0) is 11.3 Å². The predicted octanol–water partition coefficient (Wildman–Crippen LogP) is 3.42. The smallest absolute Gasteiger partial charge is 0.418 e. The molecule has 1 aromatic carbocycles. The molecule has 0 bridgehead atoms. The number of benzene rings is 1. The van der Waals surface area contributed by atoms with Crippen LogP contribution >= 0.6 is 0 Å². The van der Waals surface area contributed by atoms with Gasteiger partial charge in [-0.2, -0.15) is 4.98 Å². The number of hydrogen-bond donors (Lipinski definition) is 1. The molecule has 2 rings (SSSR count). The zero-order valence-electron chi connectivity index (χ0n) is 12.2. The Morgan fingerprint density at radius 3 is 2.65 bits per heavy atom. The average Bonchev–Trinajstić information content (AvgIpc) is 2.49. The van der Waals surface area contributed by atoms with E-state index in [0.29, 0.717) is 5.56 Å². The summed E-state index contributed by atoms with van der Waals surface area (Å²) in [6, 6.07) is 5.47. The number of allylic oxidation sites excluding steroid dienone is 1. The maximum absolute atomic E-state index is 13.6. The second kappa shape index (κ2) is 7.30. The molecule has 6 nitrogen and oxygen atoms in total. The molecule has 8 heteroatoms. The van der Waals surface area contributed by atoms with Crippen LogP contribution in [0.25, 0.3) is 0 Å². The molecule has 0 saturated carbocycles. The number of amides is 1. The lowest BCUT2D eigenvalue weighted by Crippen LogP contribution is -2.15. The van der Waals surface area contributed by atoms with Crippen molar-refractivity contribution in [2.45, 2.75) is 13.5 Å². The Balaban J connectivity index is 2.03. The lowest BCUT2D eigenvalue weighted by atomic mass is 10.2. The van der Waals surface area contributed by atoms with E-state index in [2.05, 4.69) is 26.6 Å². The van der Waals surface area contributed by atoms with Crippen molar-refractivity contribution in [2.24, 2.45) is 0 Å². The average molecular weight is 321 g/mol. The van der Waals surface area contributed by atoms with E-state index in [4.69, 9.17) is 4.74 Å². The molecule has 0 fully saturated rings. The number of anilines is 1. The van der Waals surface area contributed by atoms with E-state index in [1.54, 1.807) is 0 Å². The summed E-state index contributed by atoms with van der Waals surface area (Å²) in [6.07, 6.45) is -0.0804. The number of rotatable bonds is 5. The van der Waals surface area contributed by atoms with Gasteiger partial charge >= 0.3 is 12.1 Å². The molecular weight excluding hydrogens is 308 g/mol. The van der Waals surface area contributed by atoms with Crippen molar-refractivity contribution in [2.75, 3.05) is 5.32 Å². The molecule has 120 valence electrons. The van der Waals surface area contributed by atoms with Crippen LogP contribution < -0.4 is 10.1 Å². The molecular formula is C15H13F2N3O3. The number of ether oxygens (including phenoxy) is 2. The van der Waals surface area contributed by atoms with Gasteiger partial charge < -0.3 is 9.47 Å². The van der Waals surface area contributed by atoms with Gasteiger partial charge in [-0.15, -0.1) is 0 Å². The maximum atomic E-state index is 13.6. The van der Waals surface area contributed by atoms with Gasteiger partial charge in [-0.1, -0.05) is 18.7 Å². The van der Waals surface area contributed by atoms with Crippen LogP contribution in [0.4, 0.5) is 19.4 Å². The third-order valence-electron chi connectivity index (χ3n) is 2.49. The predicted molar refractivity (Wildman–Crippen MR) is 77.6 cm³/mol. The summed E-state index contributed by atoms with van der Waals surface area (Å²) in [6.45, 7) is 4.91. The molecule has 0 saturated heterocycles. The second-order valence-corrected chi connectivity index (χ2v) is 4.48. The summed E-state index contributed by atoms with van der Waals surface area (Å²) in [5.41, 5.74) is 0.676.